The van der Waals surface area contributed by atoms with Crippen LogP contribution >= 0.6 is 0 Å². The van der Waals surface area contributed by atoms with Crippen molar-refractivity contribution in [3.63, 3.8) is 0 Å². The molecule has 3 nitrogen and oxygen atoms in total. The van der Waals surface area contributed by atoms with E-state index in [2.05, 4.69) is 16.6 Å². The summed E-state index contributed by atoms with van der Waals surface area (Å²) < 4.78 is 40.0. The van der Waals surface area contributed by atoms with Crippen molar-refractivity contribution < 1.29 is 17.9 Å². The Morgan fingerprint density at radius 1 is 0.955 bits per heavy atom. The fraction of sp³-hybridized carbons (Fsp3) is 0.0625. The van der Waals surface area contributed by atoms with Crippen molar-refractivity contribution >= 4 is 5.69 Å². The minimum absolute atomic E-state index is 0.0860. The lowest BCUT2D eigenvalue weighted by atomic mass is 10.1. The smallest absolute Gasteiger partial charge is 0.406 e. The summed E-state index contributed by atoms with van der Waals surface area (Å²) in [4.78, 5) is 0. The predicted molar refractivity (Wildman–Crippen MR) is 74.7 cm³/mol. The standard InChI is InChI=1S/C16H9F3N2O/c17-16(18,19)22-14-8-7-13(15(21)9-14)6-5-11-1-3-12(10-20)4-2-11/h1-4,7-9H,21H2. The number of nitrogen functional groups attached to an aromatic ring is 1. The highest BCUT2D eigenvalue weighted by Crippen LogP contribution is 2.25. The summed E-state index contributed by atoms with van der Waals surface area (Å²) in [6.45, 7) is 0. The number of nitrogens with two attached hydrogens (primary N) is 1. The third-order valence-corrected chi connectivity index (χ3v) is 2.61. The van der Waals surface area contributed by atoms with Gasteiger partial charge < -0.3 is 10.5 Å². The Morgan fingerprint density at radius 3 is 2.14 bits per heavy atom. The van der Waals surface area contributed by atoms with Crippen molar-refractivity contribution in [3.8, 4) is 23.7 Å². The number of nitrogens with zero attached hydrogens (tertiary/aromatic N) is 1. The van der Waals surface area contributed by atoms with E-state index < -0.39 is 12.1 Å². The number of ether oxygens (including phenoxy) is 1. The van der Waals surface area contributed by atoms with E-state index in [9.17, 15) is 13.2 Å². The Morgan fingerprint density at radius 2 is 1.59 bits per heavy atom. The van der Waals surface area contributed by atoms with Gasteiger partial charge in [0.15, 0.2) is 0 Å². The number of benzene rings is 2. The molecular weight excluding hydrogens is 293 g/mol. The first-order valence-electron chi connectivity index (χ1n) is 6.05. The maximum absolute atomic E-state index is 12.1. The van der Waals surface area contributed by atoms with Gasteiger partial charge in [0.1, 0.15) is 5.75 Å². The Kier molecular flexibility index (Phi) is 4.24. The maximum Gasteiger partial charge on any atom is 0.573 e. The molecule has 2 rings (SSSR count). The van der Waals surface area contributed by atoms with Crippen LogP contribution in [0.4, 0.5) is 18.9 Å². The first-order chi connectivity index (χ1) is 10.4. The zero-order valence-corrected chi connectivity index (χ0v) is 11.1. The zero-order chi connectivity index (χ0) is 16.2. The zero-order valence-electron chi connectivity index (χ0n) is 11.1. The van der Waals surface area contributed by atoms with Crippen molar-refractivity contribution in [1.82, 2.24) is 0 Å². The Bertz CT molecular complexity index is 778. The summed E-state index contributed by atoms with van der Waals surface area (Å²) in [5.74, 6) is 5.19. The summed E-state index contributed by atoms with van der Waals surface area (Å²) in [5.41, 5.74) is 7.30. The Hall–Kier alpha value is -3.12. The van der Waals surface area contributed by atoms with E-state index >= 15 is 0 Å². The summed E-state index contributed by atoms with van der Waals surface area (Å²) in [7, 11) is 0. The van der Waals surface area contributed by atoms with E-state index in [0.29, 0.717) is 16.7 Å². The molecule has 0 radical (unpaired) electrons. The summed E-state index contributed by atoms with van der Waals surface area (Å²) >= 11 is 0. The summed E-state index contributed by atoms with van der Waals surface area (Å²) in [6, 6.07) is 12.1. The van der Waals surface area contributed by atoms with Crippen LogP contribution in [0.2, 0.25) is 0 Å². The lowest BCUT2D eigenvalue weighted by Crippen LogP contribution is -2.17. The molecule has 0 heterocycles. The van der Waals surface area contributed by atoms with Crippen LogP contribution in [0.1, 0.15) is 16.7 Å². The van der Waals surface area contributed by atoms with Gasteiger partial charge in [0.2, 0.25) is 0 Å². The van der Waals surface area contributed by atoms with Crippen molar-refractivity contribution in [2.24, 2.45) is 0 Å². The molecule has 2 aromatic carbocycles. The normalized spacial score (nSPS) is 10.3. The molecule has 2 aromatic rings. The first-order valence-corrected chi connectivity index (χ1v) is 6.05. The summed E-state index contributed by atoms with van der Waals surface area (Å²) in [6.07, 6.45) is -4.76. The minimum atomic E-state index is -4.76. The van der Waals surface area contributed by atoms with E-state index in [4.69, 9.17) is 11.0 Å². The molecule has 110 valence electrons. The molecule has 0 aliphatic rings. The monoisotopic (exact) mass is 302 g/mol. The average Bonchev–Trinajstić information content (AvgIpc) is 2.45. The van der Waals surface area contributed by atoms with Gasteiger partial charge in [-0.05, 0) is 36.4 Å². The van der Waals surface area contributed by atoms with Gasteiger partial charge in [0.25, 0.3) is 0 Å². The second kappa shape index (κ2) is 6.11. The number of hydrogen-bond acceptors (Lipinski definition) is 3. The number of alkyl halides is 3. The van der Waals surface area contributed by atoms with E-state index in [1.54, 1.807) is 24.3 Å². The molecule has 0 aliphatic heterocycles. The molecule has 0 amide bonds. The van der Waals surface area contributed by atoms with Crippen molar-refractivity contribution in [2.75, 3.05) is 5.73 Å². The number of halogens is 3. The second-order valence-corrected chi connectivity index (χ2v) is 4.24. The van der Waals surface area contributed by atoms with Crippen molar-refractivity contribution in [1.29, 1.82) is 5.26 Å². The lowest BCUT2D eigenvalue weighted by Gasteiger charge is -2.09. The summed E-state index contributed by atoms with van der Waals surface area (Å²) in [5, 5.41) is 8.68. The van der Waals surface area contributed by atoms with Crippen LogP contribution in [-0.2, 0) is 0 Å². The lowest BCUT2D eigenvalue weighted by molar-refractivity contribution is -0.274. The van der Waals surface area contributed by atoms with Crippen LogP contribution in [-0.4, -0.2) is 6.36 Å². The highest BCUT2D eigenvalue weighted by Gasteiger charge is 2.31. The molecule has 0 saturated heterocycles. The van der Waals surface area contributed by atoms with Crippen LogP contribution in [0.25, 0.3) is 0 Å². The Labute approximate surface area is 124 Å². The molecule has 0 atom stereocenters. The van der Waals surface area contributed by atoms with E-state index in [-0.39, 0.29) is 5.69 Å². The van der Waals surface area contributed by atoms with Gasteiger partial charge in [0.05, 0.1) is 17.3 Å². The van der Waals surface area contributed by atoms with Gasteiger partial charge in [-0.3, -0.25) is 0 Å². The van der Waals surface area contributed by atoms with Gasteiger partial charge in [-0.2, -0.15) is 5.26 Å². The second-order valence-electron chi connectivity index (χ2n) is 4.24. The predicted octanol–water partition coefficient (Wildman–Crippen LogP) is 3.44. The molecular formula is C16H9F3N2O. The first kappa shape index (κ1) is 15.3. The molecule has 0 saturated carbocycles. The largest absolute Gasteiger partial charge is 0.573 e. The highest BCUT2D eigenvalue weighted by molar-refractivity contribution is 5.60. The molecule has 2 N–H and O–H groups in total. The molecule has 0 bridgehead atoms. The number of rotatable bonds is 1. The topological polar surface area (TPSA) is 59.0 Å². The van der Waals surface area contributed by atoms with Crippen molar-refractivity contribution in [3.05, 3.63) is 59.2 Å². The third kappa shape index (κ3) is 4.19. The number of nitriles is 1. The van der Waals surface area contributed by atoms with Crippen LogP contribution in [0.5, 0.6) is 5.75 Å². The van der Waals surface area contributed by atoms with Crippen LogP contribution < -0.4 is 10.5 Å². The number of hydrogen-bond donors (Lipinski definition) is 1. The van der Waals surface area contributed by atoms with Crippen molar-refractivity contribution in [2.45, 2.75) is 6.36 Å². The average molecular weight is 302 g/mol. The fourth-order valence-electron chi connectivity index (χ4n) is 1.62. The minimum Gasteiger partial charge on any atom is -0.406 e. The molecule has 0 fully saturated rings. The van der Waals surface area contributed by atoms with E-state index in [1.807, 2.05) is 6.07 Å². The van der Waals surface area contributed by atoms with Gasteiger partial charge in [-0.15, -0.1) is 13.2 Å². The van der Waals surface area contributed by atoms with Crippen LogP contribution in [0, 0.1) is 23.2 Å². The molecule has 0 aromatic heterocycles. The highest BCUT2D eigenvalue weighted by atomic mass is 19.4. The van der Waals surface area contributed by atoms with Crippen LogP contribution in [0.3, 0.4) is 0 Å². The van der Waals surface area contributed by atoms with Gasteiger partial charge in [-0.25, -0.2) is 0 Å². The quantitative estimate of drug-likeness (QED) is 0.648. The van der Waals surface area contributed by atoms with E-state index in [0.717, 1.165) is 12.1 Å². The molecule has 6 heteroatoms. The third-order valence-electron chi connectivity index (χ3n) is 2.61. The SMILES string of the molecule is N#Cc1ccc(C#Cc2ccc(OC(F)(F)F)cc2N)cc1. The molecule has 0 unspecified atom stereocenters. The maximum atomic E-state index is 12.1. The Balaban J connectivity index is 2.20. The van der Waals surface area contributed by atoms with E-state index in [1.165, 1.54) is 6.07 Å². The van der Waals surface area contributed by atoms with Crippen LogP contribution in [0.15, 0.2) is 42.5 Å². The van der Waals surface area contributed by atoms with Gasteiger partial charge >= 0.3 is 6.36 Å². The van der Waals surface area contributed by atoms with Gasteiger partial charge in [0, 0.05) is 17.2 Å². The molecule has 22 heavy (non-hydrogen) atoms. The van der Waals surface area contributed by atoms with Gasteiger partial charge in [-0.1, -0.05) is 11.8 Å². The molecule has 0 spiro atoms. The number of anilines is 1. The molecule has 0 aliphatic carbocycles. The fourth-order valence-corrected chi connectivity index (χ4v) is 1.62.